The molecule has 0 aromatic heterocycles. The second-order valence-electron chi connectivity index (χ2n) is 6.18. The quantitative estimate of drug-likeness (QED) is 0.893. The molecule has 0 fully saturated rings. The van der Waals surface area contributed by atoms with Gasteiger partial charge in [-0.1, -0.05) is 32.9 Å². The Labute approximate surface area is 117 Å². The lowest BCUT2D eigenvalue weighted by molar-refractivity contribution is 0.310. The third-order valence-electron chi connectivity index (χ3n) is 4.40. The maximum absolute atomic E-state index is 6.11. The highest BCUT2D eigenvalue weighted by molar-refractivity contribution is 5.50. The van der Waals surface area contributed by atoms with E-state index in [1.54, 1.807) is 0 Å². The van der Waals surface area contributed by atoms with E-state index in [2.05, 4.69) is 39.8 Å². The standard InChI is InChI=1S/C17H27NO/c1-11(2)14-8-7-12(3)16-15(13(4)10-18)6-5-9-19-17(14)16/h7-8,11,13,15H,5-6,9-10,18H2,1-4H3. The topological polar surface area (TPSA) is 35.2 Å². The van der Waals surface area contributed by atoms with E-state index in [0.717, 1.165) is 25.3 Å². The van der Waals surface area contributed by atoms with Crippen LogP contribution in [-0.2, 0) is 0 Å². The first-order chi connectivity index (χ1) is 9.06. The highest BCUT2D eigenvalue weighted by Crippen LogP contribution is 2.43. The normalized spacial score (nSPS) is 20.6. The van der Waals surface area contributed by atoms with Gasteiger partial charge in [0, 0.05) is 5.56 Å². The van der Waals surface area contributed by atoms with E-state index in [4.69, 9.17) is 10.5 Å². The lowest BCUT2D eigenvalue weighted by Crippen LogP contribution is -2.20. The molecule has 0 bridgehead atoms. The number of aryl methyl sites for hydroxylation is 1. The summed E-state index contributed by atoms with van der Waals surface area (Å²) in [6.45, 7) is 10.5. The fourth-order valence-corrected chi connectivity index (χ4v) is 3.15. The van der Waals surface area contributed by atoms with Crippen LogP contribution in [0.3, 0.4) is 0 Å². The maximum Gasteiger partial charge on any atom is 0.126 e. The van der Waals surface area contributed by atoms with Gasteiger partial charge in [-0.3, -0.25) is 0 Å². The third kappa shape index (κ3) is 2.79. The molecule has 2 atom stereocenters. The van der Waals surface area contributed by atoms with Crippen molar-refractivity contribution in [1.82, 2.24) is 0 Å². The fraction of sp³-hybridized carbons (Fsp3) is 0.647. The van der Waals surface area contributed by atoms with Crippen molar-refractivity contribution in [1.29, 1.82) is 0 Å². The van der Waals surface area contributed by atoms with Gasteiger partial charge in [-0.05, 0) is 55.2 Å². The second-order valence-corrected chi connectivity index (χ2v) is 6.18. The minimum atomic E-state index is 0.501. The highest BCUT2D eigenvalue weighted by Gasteiger charge is 2.28. The SMILES string of the molecule is Cc1ccc(C(C)C)c2c1C(C(C)CN)CCCO2. The molecule has 1 heterocycles. The average Bonchev–Trinajstić information content (AvgIpc) is 2.61. The maximum atomic E-state index is 6.11. The molecule has 2 N–H and O–H groups in total. The van der Waals surface area contributed by atoms with Crippen LogP contribution in [0.5, 0.6) is 5.75 Å². The Hall–Kier alpha value is -1.02. The van der Waals surface area contributed by atoms with E-state index in [0.29, 0.717) is 17.8 Å². The first-order valence-corrected chi connectivity index (χ1v) is 7.52. The molecule has 1 aromatic rings. The van der Waals surface area contributed by atoms with Gasteiger partial charge >= 0.3 is 0 Å². The van der Waals surface area contributed by atoms with Crippen LogP contribution in [0.1, 0.15) is 62.1 Å². The highest BCUT2D eigenvalue weighted by atomic mass is 16.5. The Morgan fingerprint density at radius 2 is 2.05 bits per heavy atom. The van der Waals surface area contributed by atoms with Crippen molar-refractivity contribution in [3.05, 3.63) is 28.8 Å². The number of ether oxygens (including phenoxy) is 1. The van der Waals surface area contributed by atoms with E-state index in [-0.39, 0.29) is 0 Å². The van der Waals surface area contributed by atoms with Crippen molar-refractivity contribution < 1.29 is 4.74 Å². The molecular formula is C17H27NO. The van der Waals surface area contributed by atoms with Crippen LogP contribution in [0.25, 0.3) is 0 Å². The zero-order valence-corrected chi connectivity index (χ0v) is 12.7. The van der Waals surface area contributed by atoms with Gasteiger partial charge in [-0.15, -0.1) is 0 Å². The minimum Gasteiger partial charge on any atom is -0.493 e. The van der Waals surface area contributed by atoms with E-state index >= 15 is 0 Å². The van der Waals surface area contributed by atoms with Gasteiger partial charge in [-0.2, -0.15) is 0 Å². The van der Waals surface area contributed by atoms with Gasteiger partial charge in [0.25, 0.3) is 0 Å². The van der Waals surface area contributed by atoms with Crippen LogP contribution in [0.15, 0.2) is 12.1 Å². The van der Waals surface area contributed by atoms with Crippen LogP contribution in [0.4, 0.5) is 0 Å². The summed E-state index contributed by atoms with van der Waals surface area (Å²) in [4.78, 5) is 0. The first-order valence-electron chi connectivity index (χ1n) is 7.52. The summed E-state index contributed by atoms with van der Waals surface area (Å²) < 4.78 is 6.11. The Kier molecular flexibility index (Phi) is 4.51. The second kappa shape index (κ2) is 5.96. The molecule has 106 valence electrons. The van der Waals surface area contributed by atoms with Gasteiger partial charge in [-0.25, -0.2) is 0 Å². The van der Waals surface area contributed by atoms with Crippen LogP contribution in [-0.4, -0.2) is 13.2 Å². The van der Waals surface area contributed by atoms with Gasteiger partial charge in [0.1, 0.15) is 5.75 Å². The number of hydrogen-bond donors (Lipinski definition) is 1. The van der Waals surface area contributed by atoms with Crippen LogP contribution in [0.2, 0.25) is 0 Å². The summed E-state index contributed by atoms with van der Waals surface area (Å²) in [5, 5.41) is 0. The molecule has 0 radical (unpaired) electrons. The van der Waals surface area contributed by atoms with Gasteiger partial charge in [0.05, 0.1) is 6.61 Å². The van der Waals surface area contributed by atoms with Crippen molar-refractivity contribution >= 4 is 0 Å². The smallest absolute Gasteiger partial charge is 0.126 e. The number of hydrogen-bond acceptors (Lipinski definition) is 2. The zero-order valence-electron chi connectivity index (χ0n) is 12.7. The van der Waals surface area contributed by atoms with E-state index in [1.165, 1.54) is 23.1 Å². The Balaban J connectivity index is 2.55. The summed E-state index contributed by atoms with van der Waals surface area (Å²) >= 11 is 0. The fourth-order valence-electron chi connectivity index (χ4n) is 3.15. The molecule has 0 saturated carbocycles. The summed E-state index contributed by atoms with van der Waals surface area (Å²) in [6.07, 6.45) is 2.31. The largest absolute Gasteiger partial charge is 0.493 e. The summed E-state index contributed by atoms with van der Waals surface area (Å²) in [5.74, 6) is 2.71. The van der Waals surface area contributed by atoms with Crippen LogP contribution >= 0.6 is 0 Å². The Morgan fingerprint density at radius 3 is 2.68 bits per heavy atom. The summed E-state index contributed by atoms with van der Waals surface area (Å²) in [5.41, 5.74) is 10.0. The molecule has 2 rings (SSSR count). The Morgan fingerprint density at radius 1 is 1.32 bits per heavy atom. The summed E-state index contributed by atoms with van der Waals surface area (Å²) in [7, 11) is 0. The summed E-state index contributed by atoms with van der Waals surface area (Å²) in [6, 6.07) is 4.48. The molecule has 2 heteroatoms. The number of benzene rings is 1. The van der Waals surface area contributed by atoms with E-state index in [9.17, 15) is 0 Å². The molecule has 0 saturated heterocycles. The predicted molar refractivity (Wildman–Crippen MR) is 81.0 cm³/mol. The molecular weight excluding hydrogens is 234 g/mol. The van der Waals surface area contributed by atoms with Crippen LogP contribution in [0, 0.1) is 12.8 Å². The monoisotopic (exact) mass is 261 g/mol. The van der Waals surface area contributed by atoms with Crippen molar-refractivity contribution in [2.45, 2.75) is 52.4 Å². The number of fused-ring (bicyclic) bond motifs is 1. The van der Waals surface area contributed by atoms with Gasteiger partial charge in [0.15, 0.2) is 0 Å². The molecule has 1 aliphatic rings. The average molecular weight is 261 g/mol. The molecule has 19 heavy (non-hydrogen) atoms. The molecule has 2 nitrogen and oxygen atoms in total. The van der Waals surface area contributed by atoms with Crippen LogP contribution < -0.4 is 10.5 Å². The van der Waals surface area contributed by atoms with E-state index in [1.807, 2.05) is 0 Å². The van der Waals surface area contributed by atoms with Crippen molar-refractivity contribution in [3.8, 4) is 5.75 Å². The van der Waals surface area contributed by atoms with Gasteiger partial charge < -0.3 is 10.5 Å². The molecule has 2 unspecified atom stereocenters. The first kappa shape index (κ1) is 14.4. The molecule has 0 aliphatic carbocycles. The van der Waals surface area contributed by atoms with E-state index < -0.39 is 0 Å². The molecule has 0 amide bonds. The number of nitrogens with two attached hydrogens (primary N) is 1. The lowest BCUT2D eigenvalue weighted by Gasteiger charge is -2.26. The molecule has 1 aromatic carbocycles. The minimum absolute atomic E-state index is 0.501. The van der Waals surface area contributed by atoms with Crippen molar-refractivity contribution in [3.63, 3.8) is 0 Å². The van der Waals surface area contributed by atoms with Crippen molar-refractivity contribution in [2.75, 3.05) is 13.2 Å². The van der Waals surface area contributed by atoms with Gasteiger partial charge in [0.2, 0.25) is 0 Å². The molecule has 0 spiro atoms. The Bertz CT molecular complexity index is 439. The molecule has 1 aliphatic heterocycles. The third-order valence-corrected chi connectivity index (χ3v) is 4.40. The number of rotatable bonds is 3. The predicted octanol–water partition coefficient (Wildman–Crippen LogP) is 3.97. The van der Waals surface area contributed by atoms with Crippen molar-refractivity contribution in [2.24, 2.45) is 11.7 Å². The lowest BCUT2D eigenvalue weighted by atomic mass is 9.80. The zero-order chi connectivity index (χ0) is 14.0.